The Labute approximate surface area is 243 Å². The maximum absolute atomic E-state index is 14.1. The van der Waals surface area contributed by atoms with E-state index in [2.05, 4.69) is 28.8 Å². The summed E-state index contributed by atoms with van der Waals surface area (Å²) in [4.78, 5) is 4.30. The third kappa shape index (κ3) is 5.53. The minimum atomic E-state index is -4.51. The van der Waals surface area contributed by atoms with E-state index < -0.39 is 30.4 Å². The van der Waals surface area contributed by atoms with Crippen LogP contribution in [0.5, 0.6) is 0 Å². The van der Waals surface area contributed by atoms with Crippen LogP contribution in [0.25, 0.3) is 22.8 Å². The maximum atomic E-state index is 14.1. The highest BCUT2D eigenvalue weighted by atomic mass is 35.5. The normalized spacial score (nSPS) is 14.9. The monoisotopic (exact) mass is 607 g/mol. The van der Waals surface area contributed by atoms with Crippen molar-refractivity contribution >= 4 is 40.1 Å². The lowest BCUT2D eigenvalue weighted by Crippen LogP contribution is -2.24. The number of nitrogens with zero attached hydrogens (tertiary/aromatic N) is 3. The van der Waals surface area contributed by atoms with Gasteiger partial charge in [-0.1, -0.05) is 30.8 Å². The van der Waals surface area contributed by atoms with Crippen molar-refractivity contribution in [2.45, 2.75) is 32.5 Å². The molecule has 2 N–H and O–H groups in total. The second-order valence-corrected chi connectivity index (χ2v) is 9.75. The Morgan fingerprint density at radius 3 is 2.38 bits per heavy atom. The van der Waals surface area contributed by atoms with E-state index in [1.807, 2.05) is 24.6 Å². The van der Waals surface area contributed by atoms with Gasteiger partial charge in [-0.25, -0.2) is 13.2 Å². The number of fused-ring (bicyclic) bond motifs is 3. The molecule has 3 aromatic carbocycles. The molecule has 0 aliphatic carbocycles. The maximum Gasteiger partial charge on any atom is 0.416 e. The van der Waals surface area contributed by atoms with Crippen molar-refractivity contribution in [2.24, 2.45) is 4.99 Å². The van der Waals surface area contributed by atoms with E-state index in [9.17, 15) is 26.3 Å². The molecule has 0 amide bonds. The van der Waals surface area contributed by atoms with Gasteiger partial charge in [-0.15, -0.1) is 0 Å². The Bertz CT molecular complexity index is 1750. The molecular weight excluding hydrogens is 580 g/mol. The van der Waals surface area contributed by atoms with Crippen LogP contribution in [-0.4, -0.2) is 23.2 Å². The van der Waals surface area contributed by atoms with Crippen LogP contribution in [0.4, 0.5) is 32.0 Å². The van der Waals surface area contributed by atoms with Crippen molar-refractivity contribution in [3.63, 3.8) is 0 Å². The number of hydrogen-bond acceptors (Lipinski definition) is 3. The summed E-state index contributed by atoms with van der Waals surface area (Å²) in [5.41, 5.74) is 4.93. The third-order valence-electron chi connectivity index (χ3n) is 6.93. The lowest BCUT2D eigenvalue weighted by molar-refractivity contribution is -0.137. The van der Waals surface area contributed by atoms with Gasteiger partial charge in [-0.05, 0) is 55.0 Å². The van der Waals surface area contributed by atoms with E-state index >= 15 is 0 Å². The van der Waals surface area contributed by atoms with Gasteiger partial charge in [0.15, 0.2) is 6.80 Å². The van der Waals surface area contributed by atoms with Crippen molar-refractivity contribution in [1.82, 2.24) is 14.5 Å². The van der Waals surface area contributed by atoms with Crippen LogP contribution in [0, 0.1) is 11.6 Å². The number of alkyl halides is 4. The number of aryl methyl sites for hydroxylation is 1. The van der Waals surface area contributed by atoms with Crippen molar-refractivity contribution in [2.75, 3.05) is 19.4 Å². The van der Waals surface area contributed by atoms with Crippen LogP contribution in [0.1, 0.15) is 40.8 Å². The molecule has 1 aliphatic rings. The highest BCUT2D eigenvalue weighted by Gasteiger charge is 2.34. The summed E-state index contributed by atoms with van der Waals surface area (Å²) >= 11 is 6.40. The zero-order valence-electron chi connectivity index (χ0n) is 23.0. The highest BCUT2D eigenvalue weighted by molar-refractivity contribution is 6.31. The SMILES string of the molecule is C=C1NC(c2cc(F)ccc2Cl)c2c(NC)cc3c(c21)n(CF)c(=NC)n3CC.C=Cc1cc(F)cc(C(F)(F)F)c1. The van der Waals surface area contributed by atoms with Gasteiger partial charge in [-0.3, -0.25) is 9.56 Å². The van der Waals surface area contributed by atoms with E-state index in [0.717, 1.165) is 34.5 Å². The first-order chi connectivity index (χ1) is 19.9. The van der Waals surface area contributed by atoms with Crippen molar-refractivity contribution in [1.29, 1.82) is 0 Å². The molecule has 0 fully saturated rings. The molecule has 0 saturated heterocycles. The number of anilines is 1. The molecule has 4 aromatic rings. The summed E-state index contributed by atoms with van der Waals surface area (Å²) in [6, 6.07) is 8.12. The topological polar surface area (TPSA) is 46.3 Å². The molecule has 0 bridgehead atoms. The first-order valence-corrected chi connectivity index (χ1v) is 13.1. The Hall–Kier alpha value is -4.12. The quantitative estimate of drug-likeness (QED) is 0.227. The Kier molecular flexibility index (Phi) is 8.81. The van der Waals surface area contributed by atoms with Crippen LogP contribution in [0.15, 0.2) is 60.6 Å². The van der Waals surface area contributed by atoms with E-state index in [4.69, 9.17) is 11.6 Å². The molecule has 0 saturated carbocycles. The average Bonchev–Trinajstić information content (AvgIpc) is 3.46. The number of halogens is 7. The van der Waals surface area contributed by atoms with E-state index in [-0.39, 0.29) is 11.4 Å². The molecule has 1 atom stereocenters. The lowest BCUT2D eigenvalue weighted by atomic mass is 9.95. The fourth-order valence-corrected chi connectivity index (χ4v) is 5.39. The fourth-order valence-electron chi connectivity index (χ4n) is 5.17. The minimum Gasteiger partial charge on any atom is -0.388 e. The number of aromatic nitrogens is 2. The second kappa shape index (κ2) is 12.0. The molecule has 5 nitrogen and oxygen atoms in total. The van der Waals surface area contributed by atoms with Crippen LogP contribution >= 0.6 is 11.6 Å². The summed E-state index contributed by atoms with van der Waals surface area (Å²) in [7, 11) is 3.47. The molecular formula is C30H28ClF6N5. The van der Waals surface area contributed by atoms with Crippen LogP contribution in [0.3, 0.4) is 0 Å². The van der Waals surface area contributed by atoms with Crippen molar-refractivity contribution in [3.05, 3.63) is 106 Å². The van der Waals surface area contributed by atoms with Gasteiger partial charge < -0.3 is 15.2 Å². The van der Waals surface area contributed by atoms with E-state index in [1.165, 1.54) is 24.3 Å². The summed E-state index contributed by atoms with van der Waals surface area (Å²) < 4.78 is 80.5. The minimum absolute atomic E-state index is 0.118. The first-order valence-electron chi connectivity index (χ1n) is 12.8. The molecule has 0 radical (unpaired) electrons. The van der Waals surface area contributed by atoms with Crippen LogP contribution < -0.4 is 16.3 Å². The van der Waals surface area contributed by atoms with Crippen LogP contribution in [-0.2, 0) is 19.5 Å². The predicted molar refractivity (Wildman–Crippen MR) is 155 cm³/mol. The number of rotatable bonds is 5. The van der Waals surface area contributed by atoms with E-state index in [1.54, 1.807) is 11.6 Å². The summed E-state index contributed by atoms with van der Waals surface area (Å²) in [5.74, 6) is -1.29. The fraction of sp³-hybridized carbons (Fsp3) is 0.233. The third-order valence-corrected chi connectivity index (χ3v) is 7.27. The largest absolute Gasteiger partial charge is 0.416 e. The van der Waals surface area contributed by atoms with Gasteiger partial charge in [0.05, 0.1) is 22.6 Å². The Morgan fingerprint density at radius 2 is 1.81 bits per heavy atom. The zero-order chi connectivity index (χ0) is 30.9. The molecule has 222 valence electrons. The van der Waals surface area contributed by atoms with Gasteiger partial charge in [0.25, 0.3) is 0 Å². The summed E-state index contributed by atoms with van der Waals surface area (Å²) in [6.07, 6.45) is -3.35. The molecule has 5 rings (SSSR count). The van der Waals surface area contributed by atoms with Crippen molar-refractivity contribution in [3.8, 4) is 0 Å². The Morgan fingerprint density at radius 1 is 1.10 bits per heavy atom. The molecule has 42 heavy (non-hydrogen) atoms. The molecule has 0 spiro atoms. The average molecular weight is 608 g/mol. The zero-order valence-corrected chi connectivity index (χ0v) is 23.8. The highest BCUT2D eigenvalue weighted by Crippen LogP contribution is 2.46. The van der Waals surface area contributed by atoms with Crippen molar-refractivity contribution < 1.29 is 26.3 Å². The molecule has 2 heterocycles. The molecule has 1 unspecified atom stereocenters. The first kappa shape index (κ1) is 30.8. The molecule has 1 aromatic heterocycles. The predicted octanol–water partition coefficient (Wildman–Crippen LogP) is 7.91. The summed E-state index contributed by atoms with van der Waals surface area (Å²) in [6.45, 7) is 9.33. The number of nitrogens with one attached hydrogen (secondary N) is 2. The molecule has 12 heteroatoms. The molecule has 1 aliphatic heterocycles. The standard InChI is InChI=1S/C21H22ClF2N5.C9H6F4/c1-5-28-16-9-15(25-3)18-17(20(16)29(10-23)21(28)26-4)11(2)27-19(18)13-8-12(24)6-7-14(13)22;1-2-6-3-7(9(11,12)13)5-8(10)4-6/h6-9,19,25,27H,2,5,10H2,1,3-4H3;2-5H,1H2. The lowest BCUT2D eigenvalue weighted by Gasteiger charge is -2.18. The number of benzene rings is 3. The van der Waals surface area contributed by atoms with E-state index in [0.29, 0.717) is 40.0 Å². The van der Waals surface area contributed by atoms with Gasteiger partial charge in [0, 0.05) is 53.7 Å². The number of imidazole rings is 1. The number of hydrogen-bond donors (Lipinski definition) is 2. The summed E-state index contributed by atoms with van der Waals surface area (Å²) in [5, 5.41) is 7.00. The second-order valence-electron chi connectivity index (χ2n) is 9.34. The van der Waals surface area contributed by atoms with Gasteiger partial charge in [0.2, 0.25) is 5.62 Å². The Balaban J connectivity index is 0.000000262. The smallest absolute Gasteiger partial charge is 0.388 e. The van der Waals surface area contributed by atoms with Gasteiger partial charge in [0.1, 0.15) is 11.6 Å². The van der Waals surface area contributed by atoms with Gasteiger partial charge in [-0.2, -0.15) is 13.2 Å². The van der Waals surface area contributed by atoms with Gasteiger partial charge >= 0.3 is 6.18 Å². The van der Waals surface area contributed by atoms with Crippen LogP contribution in [0.2, 0.25) is 5.02 Å².